The highest BCUT2D eigenvalue weighted by Crippen LogP contribution is 2.31. The lowest BCUT2D eigenvalue weighted by atomic mass is 10.1. The maximum Gasteiger partial charge on any atom is 0.259 e. The lowest BCUT2D eigenvalue weighted by Gasteiger charge is -2.19. The Kier molecular flexibility index (Phi) is 6.27. The number of hydrogen-bond donors (Lipinski definition) is 1. The van der Waals surface area contributed by atoms with Crippen molar-refractivity contribution in [1.29, 1.82) is 0 Å². The highest BCUT2D eigenvalue weighted by atomic mass is 32.2. The molecule has 0 fully saturated rings. The fourth-order valence-corrected chi connectivity index (χ4v) is 3.22. The third-order valence-electron chi connectivity index (χ3n) is 4.40. The van der Waals surface area contributed by atoms with Gasteiger partial charge in [-0.15, -0.1) is 0 Å². The Bertz CT molecular complexity index is 1150. The predicted molar refractivity (Wildman–Crippen MR) is 117 cm³/mol. The number of benzene rings is 3. The average Bonchev–Trinajstić information content (AvgIpc) is 2.74. The summed E-state index contributed by atoms with van der Waals surface area (Å²) in [7, 11) is -0.616. The number of sulfonamides is 1. The number of anilines is 2. The normalized spacial score (nSPS) is 10.9. The molecule has 8 heteroatoms. The molecule has 0 unspecified atom stereocenters. The number of methoxy groups -OCH3 is 1. The fraction of sp³-hybridized carbons (Fsp3) is 0.136. The molecule has 1 N–H and O–H groups in total. The van der Waals surface area contributed by atoms with Crippen LogP contribution in [0.4, 0.5) is 11.4 Å². The number of ether oxygens (including phenoxy) is 2. The monoisotopic (exact) mass is 426 g/mol. The fourth-order valence-electron chi connectivity index (χ4n) is 2.72. The second kappa shape index (κ2) is 8.87. The highest BCUT2D eigenvalue weighted by Gasteiger charge is 2.19. The maximum atomic E-state index is 13.0. The minimum atomic E-state index is -3.48. The standard InChI is InChI=1S/C22H22N2O5S/c1-24(30(3,26)27)16-13-14-20(28-2)18(15-16)22(25)23-19-11-7-8-12-21(19)29-17-9-5-4-6-10-17/h4-15H,1-3H3,(H,23,25). The molecule has 0 aliphatic rings. The molecule has 0 spiro atoms. The van der Waals surface area contributed by atoms with Gasteiger partial charge in [-0.2, -0.15) is 0 Å². The minimum absolute atomic E-state index is 0.194. The molecule has 3 aromatic rings. The first-order chi connectivity index (χ1) is 14.3. The number of amides is 1. The summed E-state index contributed by atoms with van der Waals surface area (Å²) < 4.78 is 36.0. The maximum absolute atomic E-state index is 13.0. The highest BCUT2D eigenvalue weighted by molar-refractivity contribution is 7.92. The van der Waals surface area contributed by atoms with Crippen LogP contribution >= 0.6 is 0 Å². The Labute approximate surface area is 175 Å². The van der Waals surface area contributed by atoms with Crippen LogP contribution in [0.5, 0.6) is 17.2 Å². The first-order valence-electron chi connectivity index (χ1n) is 9.05. The molecule has 0 aliphatic heterocycles. The Hall–Kier alpha value is -3.52. The van der Waals surface area contributed by atoms with Crippen molar-refractivity contribution >= 4 is 27.3 Å². The second-order valence-corrected chi connectivity index (χ2v) is 8.49. The van der Waals surface area contributed by atoms with Gasteiger partial charge in [-0.25, -0.2) is 8.42 Å². The van der Waals surface area contributed by atoms with E-state index >= 15 is 0 Å². The van der Waals surface area contributed by atoms with Crippen molar-refractivity contribution in [2.45, 2.75) is 0 Å². The van der Waals surface area contributed by atoms with Crippen molar-refractivity contribution in [2.24, 2.45) is 0 Å². The summed E-state index contributed by atoms with van der Waals surface area (Å²) in [5.74, 6) is 0.966. The molecule has 30 heavy (non-hydrogen) atoms. The summed E-state index contributed by atoms with van der Waals surface area (Å²) in [5.41, 5.74) is 1.01. The Morgan fingerprint density at radius 3 is 2.27 bits per heavy atom. The van der Waals surface area contributed by atoms with Gasteiger partial charge in [-0.1, -0.05) is 30.3 Å². The van der Waals surface area contributed by atoms with Crippen molar-refractivity contribution in [1.82, 2.24) is 0 Å². The molecule has 0 heterocycles. The van der Waals surface area contributed by atoms with E-state index in [4.69, 9.17) is 9.47 Å². The van der Waals surface area contributed by atoms with E-state index in [1.165, 1.54) is 20.2 Å². The van der Waals surface area contributed by atoms with Crippen LogP contribution < -0.4 is 19.1 Å². The van der Waals surface area contributed by atoms with E-state index in [1.54, 1.807) is 36.4 Å². The van der Waals surface area contributed by atoms with E-state index in [1.807, 2.05) is 30.3 Å². The SMILES string of the molecule is COc1ccc(N(C)S(C)(=O)=O)cc1C(=O)Nc1ccccc1Oc1ccccc1. The van der Waals surface area contributed by atoms with Gasteiger partial charge in [0.05, 0.1) is 30.3 Å². The van der Waals surface area contributed by atoms with Crippen molar-refractivity contribution in [3.63, 3.8) is 0 Å². The molecular weight excluding hydrogens is 404 g/mol. The van der Waals surface area contributed by atoms with Gasteiger partial charge in [0, 0.05) is 7.05 Å². The number of rotatable bonds is 7. The van der Waals surface area contributed by atoms with Gasteiger partial charge in [-0.05, 0) is 42.5 Å². The third kappa shape index (κ3) is 4.90. The van der Waals surface area contributed by atoms with Gasteiger partial charge in [0.2, 0.25) is 10.0 Å². The number of carbonyl (C=O) groups is 1. The Balaban J connectivity index is 1.91. The zero-order valence-corrected chi connectivity index (χ0v) is 17.6. The van der Waals surface area contributed by atoms with Crippen LogP contribution in [0, 0.1) is 0 Å². The summed E-state index contributed by atoms with van der Waals surface area (Å²) in [4.78, 5) is 13.0. The number of carbonyl (C=O) groups excluding carboxylic acids is 1. The van der Waals surface area contributed by atoms with Crippen molar-refractivity contribution in [3.05, 3.63) is 78.4 Å². The third-order valence-corrected chi connectivity index (χ3v) is 5.60. The minimum Gasteiger partial charge on any atom is -0.496 e. The quantitative estimate of drug-likeness (QED) is 0.614. The first-order valence-corrected chi connectivity index (χ1v) is 10.9. The van der Waals surface area contributed by atoms with Crippen molar-refractivity contribution in [3.8, 4) is 17.2 Å². The Morgan fingerprint density at radius 2 is 1.60 bits per heavy atom. The number of para-hydroxylation sites is 3. The van der Waals surface area contributed by atoms with Gasteiger partial charge < -0.3 is 14.8 Å². The predicted octanol–water partition coefficient (Wildman–Crippen LogP) is 4.14. The van der Waals surface area contributed by atoms with Gasteiger partial charge in [0.25, 0.3) is 5.91 Å². The second-order valence-electron chi connectivity index (χ2n) is 6.48. The zero-order valence-electron chi connectivity index (χ0n) is 16.8. The smallest absolute Gasteiger partial charge is 0.259 e. The number of nitrogens with one attached hydrogen (secondary N) is 1. The molecule has 0 atom stereocenters. The topological polar surface area (TPSA) is 84.9 Å². The van der Waals surface area contributed by atoms with E-state index in [-0.39, 0.29) is 5.56 Å². The van der Waals surface area contributed by atoms with Crippen molar-refractivity contribution in [2.75, 3.05) is 30.0 Å². The number of nitrogens with zero attached hydrogens (tertiary/aromatic N) is 1. The van der Waals surface area contributed by atoms with Crippen LogP contribution in [0.1, 0.15) is 10.4 Å². The Morgan fingerprint density at radius 1 is 0.933 bits per heavy atom. The van der Waals surface area contributed by atoms with E-state index in [0.29, 0.717) is 28.6 Å². The van der Waals surface area contributed by atoms with Crippen LogP contribution in [0.2, 0.25) is 0 Å². The number of hydrogen-bond acceptors (Lipinski definition) is 5. The van der Waals surface area contributed by atoms with E-state index in [2.05, 4.69) is 5.32 Å². The zero-order chi connectivity index (χ0) is 21.7. The van der Waals surface area contributed by atoms with Crippen LogP contribution in [-0.4, -0.2) is 34.7 Å². The molecule has 0 aliphatic carbocycles. The van der Waals surface area contributed by atoms with E-state index < -0.39 is 15.9 Å². The average molecular weight is 426 g/mol. The molecule has 156 valence electrons. The molecule has 3 aromatic carbocycles. The van der Waals surface area contributed by atoms with Gasteiger partial charge in [-0.3, -0.25) is 9.10 Å². The largest absolute Gasteiger partial charge is 0.496 e. The molecular formula is C22H22N2O5S. The van der Waals surface area contributed by atoms with Crippen molar-refractivity contribution < 1.29 is 22.7 Å². The van der Waals surface area contributed by atoms with E-state index in [0.717, 1.165) is 10.6 Å². The van der Waals surface area contributed by atoms with Gasteiger partial charge >= 0.3 is 0 Å². The lowest BCUT2D eigenvalue weighted by Crippen LogP contribution is -2.25. The first kappa shape index (κ1) is 21.2. The molecule has 0 aromatic heterocycles. The van der Waals surface area contributed by atoms with Crippen LogP contribution in [0.15, 0.2) is 72.8 Å². The summed E-state index contributed by atoms with van der Waals surface area (Å²) in [6.45, 7) is 0. The molecule has 0 radical (unpaired) electrons. The van der Waals surface area contributed by atoms with Gasteiger partial charge in [0.1, 0.15) is 11.5 Å². The lowest BCUT2D eigenvalue weighted by molar-refractivity contribution is 0.102. The van der Waals surface area contributed by atoms with Gasteiger partial charge in [0.15, 0.2) is 5.75 Å². The summed E-state index contributed by atoms with van der Waals surface area (Å²) >= 11 is 0. The summed E-state index contributed by atoms with van der Waals surface area (Å²) in [5, 5.41) is 2.81. The van der Waals surface area contributed by atoms with E-state index in [9.17, 15) is 13.2 Å². The summed E-state index contributed by atoms with van der Waals surface area (Å²) in [6, 6.07) is 20.8. The molecule has 3 rings (SSSR count). The molecule has 1 amide bonds. The van der Waals surface area contributed by atoms with Crippen LogP contribution in [0.25, 0.3) is 0 Å². The molecule has 0 saturated carbocycles. The summed E-state index contributed by atoms with van der Waals surface area (Å²) in [6.07, 6.45) is 1.09. The van der Waals surface area contributed by atoms with Crippen LogP contribution in [0.3, 0.4) is 0 Å². The molecule has 0 saturated heterocycles. The molecule has 0 bridgehead atoms. The van der Waals surface area contributed by atoms with Crippen LogP contribution in [-0.2, 0) is 10.0 Å². The molecule has 7 nitrogen and oxygen atoms in total.